The molecule has 0 atom stereocenters. The van der Waals surface area contributed by atoms with E-state index in [1.807, 2.05) is 18.2 Å². The summed E-state index contributed by atoms with van der Waals surface area (Å²) in [6.45, 7) is 0.721. The Morgan fingerprint density at radius 1 is 1.04 bits per heavy atom. The van der Waals surface area contributed by atoms with Crippen LogP contribution in [0.2, 0.25) is 5.02 Å². The number of halogens is 3. The quantitative estimate of drug-likeness (QED) is 0.435. The standard InChI is InChI=1S/C18H17Br2ClN2/c19-12-5-3-4-11(8-12)17-14(6-1-2-7-22)15-9-13(20)10-16(21)18(15)23-17/h3-5,8-10,23H,1-2,6-7,22H2. The highest BCUT2D eigenvalue weighted by Gasteiger charge is 2.15. The number of H-pyrrole nitrogens is 1. The van der Waals surface area contributed by atoms with Crippen molar-refractivity contribution in [1.29, 1.82) is 0 Å². The number of benzene rings is 2. The first-order valence-electron chi connectivity index (χ1n) is 7.55. The third kappa shape index (κ3) is 3.66. The Kier molecular flexibility index (Phi) is 5.47. The van der Waals surface area contributed by atoms with Gasteiger partial charge in [-0.2, -0.15) is 0 Å². The van der Waals surface area contributed by atoms with Gasteiger partial charge in [0.05, 0.1) is 10.5 Å². The zero-order chi connectivity index (χ0) is 16.4. The van der Waals surface area contributed by atoms with E-state index in [4.69, 9.17) is 17.3 Å². The van der Waals surface area contributed by atoms with Crippen molar-refractivity contribution in [3.8, 4) is 11.3 Å². The fourth-order valence-corrected chi connectivity index (χ4v) is 4.13. The first kappa shape index (κ1) is 17.0. The Labute approximate surface area is 157 Å². The summed E-state index contributed by atoms with van der Waals surface area (Å²) in [5, 5.41) is 1.91. The summed E-state index contributed by atoms with van der Waals surface area (Å²) in [5.41, 5.74) is 10.2. The van der Waals surface area contributed by atoms with E-state index in [1.54, 1.807) is 0 Å². The highest BCUT2D eigenvalue weighted by Crippen LogP contribution is 2.37. The fourth-order valence-electron chi connectivity index (χ4n) is 2.87. The fraction of sp³-hybridized carbons (Fsp3) is 0.222. The summed E-state index contributed by atoms with van der Waals surface area (Å²) in [6.07, 6.45) is 3.06. The Balaban J connectivity index is 2.19. The van der Waals surface area contributed by atoms with Gasteiger partial charge in [0, 0.05) is 20.0 Å². The second-order valence-corrected chi connectivity index (χ2v) is 7.78. The molecule has 0 aliphatic carbocycles. The van der Waals surface area contributed by atoms with Crippen LogP contribution < -0.4 is 5.73 Å². The Morgan fingerprint density at radius 2 is 1.87 bits per heavy atom. The van der Waals surface area contributed by atoms with Crippen LogP contribution in [0.4, 0.5) is 0 Å². The number of aromatic amines is 1. The molecule has 23 heavy (non-hydrogen) atoms. The minimum Gasteiger partial charge on any atom is -0.353 e. The lowest BCUT2D eigenvalue weighted by Gasteiger charge is -2.06. The van der Waals surface area contributed by atoms with E-state index in [2.05, 4.69) is 55.0 Å². The van der Waals surface area contributed by atoms with Gasteiger partial charge < -0.3 is 10.7 Å². The monoisotopic (exact) mass is 454 g/mol. The summed E-state index contributed by atoms with van der Waals surface area (Å²) in [5.74, 6) is 0. The van der Waals surface area contributed by atoms with E-state index in [1.165, 1.54) is 10.9 Å². The van der Waals surface area contributed by atoms with Crippen LogP contribution in [0.5, 0.6) is 0 Å². The minimum absolute atomic E-state index is 0.721. The smallest absolute Gasteiger partial charge is 0.0658 e. The number of nitrogens with one attached hydrogen (secondary N) is 1. The normalized spacial score (nSPS) is 11.3. The minimum atomic E-state index is 0.721. The van der Waals surface area contributed by atoms with Crippen molar-refractivity contribution in [2.24, 2.45) is 5.73 Å². The topological polar surface area (TPSA) is 41.8 Å². The maximum absolute atomic E-state index is 6.44. The van der Waals surface area contributed by atoms with Crippen LogP contribution in [-0.2, 0) is 6.42 Å². The summed E-state index contributed by atoms with van der Waals surface area (Å²) < 4.78 is 2.06. The summed E-state index contributed by atoms with van der Waals surface area (Å²) >= 11 is 13.5. The summed E-state index contributed by atoms with van der Waals surface area (Å²) in [7, 11) is 0. The van der Waals surface area contributed by atoms with Gasteiger partial charge in [0.1, 0.15) is 0 Å². The molecule has 1 aromatic heterocycles. The lowest BCUT2D eigenvalue weighted by atomic mass is 10.0. The Morgan fingerprint density at radius 3 is 2.61 bits per heavy atom. The van der Waals surface area contributed by atoms with Crippen LogP contribution in [0.15, 0.2) is 45.3 Å². The van der Waals surface area contributed by atoms with Crippen molar-refractivity contribution < 1.29 is 0 Å². The molecule has 120 valence electrons. The molecule has 0 aliphatic heterocycles. The number of hydrogen-bond donors (Lipinski definition) is 2. The molecular formula is C18H17Br2ClN2. The van der Waals surface area contributed by atoms with E-state index < -0.39 is 0 Å². The second-order valence-electron chi connectivity index (χ2n) is 5.54. The number of aromatic nitrogens is 1. The molecule has 0 saturated carbocycles. The molecule has 3 aromatic rings. The Hall–Kier alpha value is -0.810. The molecule has 0 aliphatic rings. The van der Waals surface area contributed by atoms with Gasteiger partial charge in [0.15, 0.2) is 0 Å². The van der Waals surface area contributed by atoms with Crippen LogP contribution >= 0.6 is 43.5 Å². The van der Waals surface area contributed by atoms with E-state index in [0.717, 1.165) is 56.5 Å². The van der Waals surface area contributed by atoms with Crippen molar-refractivity contribution in [2.45, 2.75) is 19.3 Å². The average molecular weight is 457 g/mol. The van der Waals surface area contributed by atoms with Crippen molar-refractivity contribution in [3.05, 3.63) is 55.9 Å². The molecule has 0 unspecified atom stereocenters. The average Bonchev–Trinajstić information content (AvgIpc) is 2.87. The molecular weight excluding hydrogens is 439 g/mol. The van der Waals surface area contributed by atoms with E-state index in [0.29, 0.717) is 0 Å². The van der Waals surface area contributed by atoms with Crippen LogP contribution in [0, 0.1) is 0 Å². The zero-order valence-electron chi connectivity index (χ0n) is 12.5. The van der Waals surface area contributed by atoms with Crippen molar-refractivity contribution in [1.82, 2.24) is 4.98 Å². The molecule has 0 spiro atoms. The third-order valence-corrected chi connectivity index (χ3v) is 5.18. The maximum atomic E-state index is 6.44. The summed E-state index contributed by atoms with van der Waals surface area (Å²) in [6, 6.07) is 12.4. The lowest BCUT2D eigenvalue weighted by molar-refractivity contribution is 0.748. The molecule has 5 heteroatoms. The van der Waals surface area contributed by atoms with Crippen molar-refractivity contribution in [2.75, 3.05) is 6.54 Å². The van der Waals surface area contributed by atoms with Crippen molar-refractivity contribution in [3.63, 3.8) is 0 Å². The molecule has 3 N–H and O–H groups in total. The number of nitrogens with two attached hydrogens (primary N) is 1. The molecule has 0 saturated heterocycles. The molecule has 2 nitrogen and oxygen atoms in total. The van der Waals surface area contributed by atoms with Crippen LogP contribution in [0.25, 0.3) is 22.2 Å². The molecule has 0 bridgehead atoms. The number of unbranched alkanes of at least 4 members (excludes halogenated alkanes) is 1. The van der Waals surface area contributed by atoms with Gasteiger partial charge in [0.25, 0.3) is 0 Å². The second kappa shape index (κ2) is 7.39. The largest absolute Gasteiger partial charge is 0.353 e. The van der Waals surface area contributed by atoms with Gasteiger partial charge in [-0.15, -0.1) is 0 Å². The number of rotatable bonds is 5. The zero-order valence-corrected chi connectivity index (χ0v) is 16.4. The van der Waals surface area contributed by atoms with Gasteiger partial charge in [-0.05, 0) is 61.2 Å². The predicted molar refractivity (Wildman–Crippen MR) is 106 cm³/mol. The van der Waals surface area contributed by atoms with Crippen molar-refractivity contribution >= 4 is 54.4 Å². The molecule has 0 radical (unpaired) electrons. The SMILES string of the molecule is NCCCCc1c(-c2cccc(Br)c2)[nH]c2c(Cl)cc(Br)cc12. The van der Waals surface area contributed by atoms with Gasteiger partial charge in [0.2, 0.25) is 0 Å². The maximum Gasteiger partial charge on any atom is 0.0658 e. The highest BCUT2D eigenvalue weighted by atomic mass is 79.9. The lowest BCUT2D eigenvalue weighted by Crippen LogP contribution is -1.99. The Bertz CT molecular complexity index is 842. The molecule has 0 fully saturated rings. The molecule has 0 amide bonds. The molecule has 3 rings (SSSR count). The summed E-state index contributed by atoms with van der Waals surface area (Å²) in [4.78, 5) is 3.53. The number of hydrogen-bond acceptors (Lipinski definition) is 1. The van der Waals surface area contributed by atoms with Crippen LogP contribution in [0.3, 0.4) is 0 Å². The molecule has 2 aromatic carbocycles. The molecule has 1 heterocycles. The highest BCUT2D eigenvalue weighted by molar-refractivity contribution is 9.10. The predicted octanol–water partition coefficient (Wildman–Crippen LogP) is 6.29. The van der Waals surface area contributed by atoms with E-state index in [9.17, 15) is 0 Å². The van der Waals surface area contributed by atoms with Gasteiger partial charge in [-0.3, -0.25) is 0 Å². The van der Waals surface area contributed by atoms with Gasteiger partial charge in [-0.25, -0.2) is 0 Å². The first-order chi connectivity index (χ1) is 11.1. The van der Waals surface area contributed by atoms with Gasteiger partial charge >= 0.3 is 0 Å². The van der Waals surface area contributed by atoms with E-state index in [-0.39, 0.29) is 0 Å². The van der Waals surface area contributed by atoms with E-state index >= 15 is 0 Å². The van der Waals surface area contributed by atoms with Gasteiger partial charge in [-0.1, -0.05) is 55.6 Å². The first-order valence-corrected chi connectivity index (χ1v) is 9.52. The number of fused-ring (bicyclic) bond motifs is 1. The third-order valence-electron chi connectivity index (χ3n) is 3.93. The van der Waals surface area contributed by atoms with Crippen LogP contribution in [-0.4, -0.2) is 11.5 Å². The number of aryl methyl sites for hydroxylation is 1. The van der Waals surface area contributed by atoms with Crippen LogP contribution in [0.1, 0.15) is 18.4 Å².